The molecule has 96 valence electrons. The second kappa shape index (κ2) is 5.87. The van der Waals surface area contributed by atoms with Crippen LogP contribution in [0.25, 0.3) is 11.4 Å². The number of halogens is 2. The van der Waals surface area contributed by atoms with Gasteiger partial charge >= 0.3 is 0 Å². The van der Waals surface area contributed by atoms with E-state index in [4.69, 9.17) is 11.6 Å². The third-order valence-corrected chi connectivity index (χ3v) is 3.81. The van der Waals surface area contributed by atoms with Crippen molar-refractivity contribution in [2.75, 3.05) is 13.6 Å². The van der Waals surface area contributed by atoms with E-state index in [1.165, 1.54) is 0 Å². The summed E-state index contributed by atoms with van der Waals surface area (Å²) in [5.41, 5.74) is 2.00. The molecule has 2 rings (SSSR count). The highest BCUT2D eigenvalue weighted by atomic mass is 79.9. The van der Waals surface area contributed by atoms with Gasteiger partial charge in [-0.3, -0.25) is 0 Å². The minimum absolute atomic E-state index is 0.711. The molecule has 1 aromatic carbocycles. The highest BCUT2D eigenvalue weighted by Gasteiger charge is 2.13. The predicted octanol–water partition coefficient (Wildman–Crippen LogP) is 3.26. The van der Waals surface area contributed by atoms with Crippen molar-refractivity contribution in [3.63, 3.8) is 0 Å². The number of nitrogens with one attached hydrogen (secondary N) is 1. The maximum absolute atomic E-state index is 6.29. The fourth-order valence-electron chi connectivity index (χ4n) is 1.80. The Morgan fingerprint density at radius 1 is 1.33 bits per heavy atom. The first-order valence-electron chi connectivity index (χ1n) is 5.75. The number of imidazole rings is 1. The minimum Gasteiger partial charge on any atom is -0.319 e. The molecule has 0 spiro atoms. The zero-order valence-electron chi connectivity index (χ0n) is 10.4. The summed E-state index contributed by atoms with van der Waals surface area (Å²) in [5, 5.41) is 3.82. The molecule has 1 aromatic heterocycles. The second-order valence-electron chi connectivity index (χ2n) is 4.09. The highest BCUT2D eigenvalue weighted by Crippen LogP contribution is 2.26. The molecule has 5 heteroatoms. The average Bonchev–Trinajstić information content (AvgIpc) is 2.65. The van der Waals surface area contributed by atoms with Crippen molar-refractivity contribution in [3.8, 4) is 11.4 Å². The largest absolute Gasteiger partial charge is 0.319 e. The highest BCUT2D eigenvalue weighted by molar-refractivity contribution is 9.10. The van der Waals surface area contributed by atoms with E-state index >= 15 is 0 Å². The topological polar surface area (TPSA) is 29.9 Å². The van der Waals surface area contributed by atoms with E-state index in [0.29, 0.717) is 5.15 Å². The van der Waals surface area contributed by atoms with Crippen LogP contribution in [-0.4, -0.2) is 23.1 Å². The van der Waals surface area contributed by atoms with Crippen LogP contribution in [0.4, 0.5) is 0 Å². The zero-order chi connectivity index (χ0) is 13.1. The Morgan fingerprint density at radius 2 is 2.00 bits per heavy atom. The molecule has 3 nitrogen and oxygen atoms in total. The Morgan fingerprint density at radius 3 is 2.61 bits per heavy atom. The molecule has 0 radical (unpaired) electrons. The molecular formula is C13H15BrClN3. The van der Waals surface area contributed by atoms with Crippen molar-refractivity contribution in [2.24, 2.45) is 7.05 Å². The van der Waals surface area contributed by atoms with Gasteiger partial charge in [0.15, 0.2) is 0 Å². The Bertz CT molecular complexity index is 534. The lowest BCUT2D eigenvalue weighted by Crippen LogP contribution is -2.10. The van der Waals surface area contributed by atoms with E-state index in [1.54, 1.807) is 0 Å². The molecular weight excluding hydrogens is 314 g/mol. The summed E-state index contributed by atoms with van der Waals surface area (Å²) in [4.78, 5) is 4.62. The lowest BCUT2D eigenvalue weighted by Gasteiger charge is -2.02. The van der Waals surface area contributed by atoms with Gasteiger partial charge in [0.2, 0.25) is 0 Å². The van der Waals surface area contributed by atoms with Gasteiger partial charge in [0, 0.05) is 30.0 Å². The molecule has 0 atom stereocenters. The molecule has 0 bridgehead atoms. The summed E-state index contributed by atoms with van der Waals surface area (Å²) in [6, 6.07) is 8.07. The monoisotopic (exact) mass is 327 g/mol. The average molecular weight is 329 g/mol. The van der Waals surface area contributed by atoms with E-state index in [2.05, 4.69) is 26.2 Å². The third kappa shape index (κ3) is 2.76. The van der Waals surface area contributed by atoms with Crippen LogP contribution in [0.15, 0.2) is 28.7 Å². The quantitative estimate of drug-likeness (QED) is 0.933. The molecule has 0 saturated carbocycles. The van der Waals surface area contributed by atoms with Gasteiger partial charge in [-0.05, 0) is 19.2 Å². The number of likely N-dealkylation sites (N-methyl/N-ethyl adjacent to an activating group) is 1. The van der Waals surface area contributed by atoms with Gasteiger partial charge in [-0.25, -0.2) is 4.98 Å². The van der Waals surface area contributed by atoms with Gasteiger partial charge in [-0.15, -0.1) is 0 Å². The fraction of sp³-hybridized carbons (Fsp3) is 0.308. The van der Waals surface area contributed by atoms with E-state index < -0.39 is 0 Å². The molecule has 1 N–H and O–H groups in total. The molecule has 0 unspecified atom stereocenters. The number of nitrogens with zero attached hydrogens (tertiary/aromatic N) is 2. The Balaban J connectivity index is 2.36. The van der Waals surface area contributed by atoms with E-state index in [9.17, 15) is 0 Å². The van der Waals surface area contributed by atoms with Crippen molar-refractivity contribution >= 4 is 27.5 Å². The number of hydrogen-bond donors (Lipinski definition) is 1. The van der Waals surface area contributed by atoms with Crippen LogP contribution < -0.4 is 5.32 Å². The standard InChI is InChI=1S/C13H15BrClN3/c1-16-8-7-11-12(15)18(2)13(17-11)9-3-5-10(14)6-4-9/h3-6,16H,7-8H2,1-2H3. The molecule has 2 aromatic rings. The molecule has 0 amide bonds. The second-order valence-corrected chi connectivity index (χ2v) is 5.37. The van der Waals surface area contributed by atoms with Gasteiger partial charge in [-0.2, -0.15) is 0 Å². The number of rotatable bonds is 4. The number of aromatic nitrogens is 2. The summed E-state index contributed by atoms with van der Waals surface area (Å²) >= 11 is 9.72. The first-order valence-corrected chi connectivity index (χ1v) is 6.92. The van der Waals surface area contributed by atoms with Gasteiger partial charge in [0.05, 0.1) is 5.69 Å². The van der Waals surface area contributed by atoms with E-state index in [-0.39, 0.29) is 0 Å². The number of benzene rings is 1. The molecule has 0 aliphatic carbocycles. The number of hydrogen-bond acceptors (Lipinski definition) is 2. The van der Waals surface area contributed by atoms with Crippen molar-refractivity contribution in [2.45, 2.75) is 6.42 Å². The Labute approximate surface area is 120 Å². The van der Waals surface area contributed by atoms with Crippen molar-refractivity contribution < 1.29 is 0 Å². The molecule has 0 aliphatic rings. The maximum Gasteiger partial charge on any atom is 0.141 e. The fourth-order valence-corrected chi connectivity index (χ4v) is 2.28. The van der Waals surface area contributed by atoms with Crippen LogP contribution in [0, 0.1) is 0 Å². The van der Waals surface area contributed by atoms with Crippen LogP contribution in [0.1, 0.15) is 5.69 Å². The lowest BCUT2D eigenvalue weighted by atomic mass is 10.2. The maximum atomic E-state index is 6.29. The van der Waals surface area contributed by atoms with Crippen LogP contribution in [-0.2, 0) is 13.5 Å². The van der Waals surface area contributed by atoms with Gasteiger partial charge in [-0.1, -0.05) is 39.7 Å². The molecule has 0 saturated heterocycles. The summed E-state index contributed by atoms with van der Waals surface area (Å²) in [5.74, 6) is 0.901. The van der Waals surface area contributed by atoms with Crippen LogP contribution in [0.5, 0.6) is 0 Å². The summed E-state index contributed by atoms with van der Waals surface area (Å²) in [6.07, 6.45) is 0.833. The summed E-state index contributed by atoms with van der Waals surface area (Å²) in [6.45, 7) is 0.872. The van der Waals surface area contributed by atoms with Crippen molar-refractivity contribution in [1.29, 1.82) is 0 Å². The molecule has 1 heterocycles. The Kier molecular flexibility index (Phi) is 4.43. The summed E-state index contributed by atoms with van der Waals surface area (Å²) in [7, 11) is 3.86. The van der Waals surface area contributed by atoms with Crippen LogP contribution in [0.2, 0.25) is 5.15 Å². The third-order valence-electron chi connectivity index (χ3n) is 2.81. The molecule has 18 heavy (non-hydrogen) atoms. The molecule has 0 aliphatic heterocycles. The van der Waals surface area contributed by atoms with Gasteiger partial charge in [0.1, 0.15) is 11.0 Å². The SMILES string of the molecule is CNCCc1nc(-c2ccc(Br)cc2)n(C)c1Cl. The Hall–Kier alpha value is -0.840. The normalized spacial score (nSPS) is 10.9. The van der Waals surface area contributed by atoms with Crippen molar-refractivity contribution in [3.05, 3.63) is 39.6 Å². The molecule has 0 fully saturated rings. The first kappa shape index (κ1) is 13.6. The van der Waals surface area contributed by atoms with Crippen LogP contribution in [0.3, 0.4) is 0 Å². The van der Waals surface area contributed by atoms with Gasteiger partial charge < -0.3 is 9.88 Å². The smallest absolute Gasteiger partial charge is 0.141 e. The van der Waals surface area contributed by atoms with Gasteiger partial charge in [0.25, 0.3) is 0 Å². The predicted molar refractivity (Wildman–Crippen MR) is 79.0 cm³/mol. The first-order chi connectivity index (χ1) is 8.63. The minimum atomic E-state index is 0.711. The van der Waals surface area contributed by atoms with E-state index in [0.717, 1.165) is 34.5 Å². The van der Waals surface area contributed by atoms with E-state index in [1.807, 2.05) is 42.9 Å². The van der Waals surface area contributed by atoms with Crippen molar-refractivity contribution in [1.82, 2.24) is 14.9 Å². The van der Waals surface area contributed by atoms with Crippen LogP contribution >= 0.6 is 27.5 Å². The zero-order valence-corrected chi connectivity index (χ0v) is 12.7. The lowest BCUT2D eigenvalue weighted by molar-refractivity contribution is 0.779. The summed E-state index contributed by atoms with van der Waals surface area (Å²) < 4.78 is 2.98.